The molecule has 5 heteroatoms. The van der Waals surface area contributed by atoms with Crippen LogP contribution in [0.1, 0.15) is 30.4 Å². The van der Waals surface area contributed by atoms with Crippen molar-refractivity contribution >= 4 is 16.8 Å². The van der Waals surface area contributed by atoms with Crippen molar-refractivity contribution in [1.82, 2.24) is 20.1 Å². The third-order valence-electron chi connectivity index (χ3n) is 4.17. The molecule has 0 radical (unpaired) electrons. The van der Waals surface area contributed by atoms with E-state index in [-0.39, 0.29) is 5.91 Å². The topological polar surface area (TPSA) is 62.7 Å². The number of para-hydroxylation sites is 1. The van der Waals surface area contributed by atoms with Gasteiger partial charge in [0.1, 0.15) is 0 Å². The fourth-order valence-corrected chi connectivity index (χ4v) is 2.92. The van der Waals surface area contributed by atoms with Gasteiger partial charge in [-0.3, -0.25) is 9.48 Å². The monoisotopic (exact) mass is 324 g/mol. The minimum atomic E-state index is 0.131. The maximum absolute atomic E-state index is 11.9. The van der Waals surface area contributed by atoms with Gasteiger partial charge in [-0.25, -0.2) is 0 Å². The van der Waals surface area contributed by atoms with Crippen LogP contribution in [0.5, 0.6) is 0 Å². The number of carbonyl (C=O) groups is 1. The molecule has 3 rings (SSSR count). The Kier molecular flexibility index (Phi) is 5.31. The van der Waals surface area contributed by atoms with Crippen molar-refractivity contribution in [2.45, 2.75) is 39.2 Å². The summed E-state index contributed by atoms with van der Waals surface area (Å²) in [5.74, 6) is 0.131. The lowest BCUT2D eigenvalue weighted by Gasteiger charge is -2.05. The Hall–Kier alpha value is -2.56. The number of hydrogen-bond acceptors (Lipinski definition) is 2. The zero-order valence-electron chi connectivity index (χ0n) is 14.1. The third kappa shape index (κ3) is 4.25. The minimum Gasteiger partial charge on any atom is -0.361 e. The SMILES string of the molecule is Cc1cnn(CCCNC(=O)CCCc2c[nH]c3ccccc23)c1. The molecule has 0 aliphatic carbocycles. The van der Waals surface area contributed by atoms with Crippen LogP contribution in [-0.4, -0.2) is 27.2 Å². The van der Waals surface area contributed by atoms with Gasteiger partial charge in [0.15, 0.2) is 0 Å². The van der Waals surface area contributed by atoms with Crippen molar-refractivity contribution in [1.29, 1.82) is 0 Å². The van der Waals surface area contributed by atoms with Gasteiger partial charge in [0.25, 0.3) is 0 Å². The van der Waals surface area contributed by atoms with Crippen LogP contribution in [0.3, 0.4) is 0 Å². The molecule has 126 valence electrons. The van der Waals surface area contributed by atoms with Crippen LogP contribution in [0.4, 0.5) is 0 Å². The first kappa shape index (κ1) is 16.3. The highest BCUT2D eigenvalue weighted by Gasteiger charge is 2.05. The van der Waals surface area contributed by atoms with Gasteiger partial charge in [0.2, 0.25) is 5.91 Å². The number of H-pyrrole nitrogens is 1. The predicted molar refractivity (Wildman–Crippen MR) is 95.8 cm³/mol. The second-order valence-electron chi connectivity index (χ2n) is 6.20. The molecular weight excluding hydrogens is 300 g/mol. The summed E-state index contributed by atoms with van der Waals surface area (Å²) in [6.07, 6.45) is 9.17. The Bertz CT molecular complexity index is 802. The molecule has 2 heterocycles. The lowest BCUT2D eigenvalue weighted by molar-refractivity contribution is -0.121. The summed E-state index contributed by atoms with van der Waals surface area (Å²) in [6, 6.07) is 8.28. The number of rotatable bonds is 8. The van der Waals surface area contributed by atoms with E-state index in [4.69, 9.17) is 0 Å². The van der Waals surface area contributed by atoms with Crippen molar-refractivity contribution in [3.8, 4) is 0 Å². The van der Waals surface area contributed by atoms with Crippen LogP contribution in [0.25, 0.3) is 10.9 Å². The quantitative estimate of drug-likeness (QED) is 0.625. The Morgan fingerprint density at radius 3 is 3.00 bits per heavy atom. The van der Waals surface area contributed by atoms with Crippen LogP contribution in [0.15, 0.2) is 42.9 Å². The van der Waals surface area contributed by atoms with E-state index in [1.165, 1.54) is 10.9 Å². The average molecular weight is 324 g/mol. The molecule has 0 aliphatic rings. The Labute approximate surface area is 142 Å². The number of nitrogens with zero attached hydrogens (tertiary/aromatic N) is 2. The molecular formula is C19H24N4O. The maximum Gasteiger partial charge on any atom is 0.220 e. The number of hydrogen-bond donors (Lipinski definition) is 2. The van der Waals surface area contributed by atoms with Gasteiger partial charge in [0.05, 0.1) is 6.20 Å². The molecule has 1 amide bonds. The summed E-state index contributed by atoms with van der Waals surface area (Å²) in [6.45, 7) is 3.56. The van der Waals surface area contributed by atoms with E-state index < -0.39 is 0 Å². The van der Waals surface area contributed by atoms with Gasteiger partial charge < -0.3 is 10.3 Å². The van der Waals surface area contributed by atoms with Gasteiger partial charge in [0, 0.05) is 42.8 Å². The van der Waals surface area contributed by atoms with Crippen LogP contribution in [0, 0.1) is 6.92 Å². The Morgan fingerprint density at radius 1 is 1.29 bits per heavy atom. The second-order valence-corrected chi connectivity index (χ2v) is 6.20. The summed E-state index contributed by atoms with van der Waals surface area (Å²) in [5, 5.41) is 8.48. The molecule has 0 bridgehead atoms. The highest BCUT2D eigenvalue weighted by atomic mass is 16.1. The first-order valence-electron chi connectivity index (χ1n) is 8.53. The van der Waals surface area contributed by atoms with Crippen LogP contribution in [0.2, 0.25) is 0 Å². The molecule has 0 aliphatic heterocycles. The van der Waals surface area contributed by atoms with Crippen LogP contribution in [-0.2, 0) is 17.8 Å². The van der Waals surface area contributed by atoms with Crippen molar-refractivity contribution in [3.63, 3.8) is 0 Å². The number of benzene rings is 1. The first-order chi connectivity index (χ1) is 11.7. The largest absolute Gasteiger partial charge is 0.361 e. The molecule has 0 saturated carbocycles. The van der Waals surface area contributed by atoms with Crippen molar-refractivity contribution < 1.29 is 4.79 Å². The molecule has 0 spiro atoms. The van der Waals surface area contributed by atoms with E-state index in [9.17, 15) is 4.79 Å². The highest BCUT2D eigenvalue weighted by molar-refractivity contribution is 5.83. The molecule has 0 saturated heterocycles. The van der Waals surface area contributed by atoms with E-state index in [1.54, 1.807) is 0 Å². The van der Waals surface area contributed by atoms with Crippen LogP contribution >= 0.6 is 0 Å². The Morgan fingerprint density at radius 2 is 2.17 bits per heavy atom. The molecule has 0 fully saturated rings. The summed E-state index contributed by atoms with van der Waals surface area (Å²) in [5.41, 5.74) is 3.61. The standard InChI is InChI=1S/C19H24N4O/c1-15-12-22-23(14-15)11-5-10-20-19(24)9-4-6-16-13-21-18-8-3-2-7-17(16)18/h2-3,7-8,12-14,21H,4-6,9-11H2,1H3,(H,20,24). The molecule has 0 unspecified atom stereocenters. The zero-order valence-corrected chi connectivity index (χ0v) is 14.1. The van der Waals surface area contributed by atoms with E-state index in [0.717, 1.165) is 36.9 Å². The van der Waals surface area contributed by atoms with E-state index in [0.29, 0.717) is 13.0 Å². The summed E-state index contributed by atoms with van der Waals surface area (Å²) in [7, 11) is 0. The average Bonchev–Trinajstić information content (AvgIpc) is 3.18. The maximum atomic E-state index is 11.9. The molecule has 2 aromatic heterocycles. The van der Waals surface area contributed by atoms with Gasteiger partial charge in [-0.1, -0.05) is 18.2 Å². The fourth-order valence-electron chi connectivity index (χ4n) is 2.92. The summed E-state index contributed by atoms with van der Waals surface area (Å²) < 4.78 is 1.92. The van der Waals surface area contributed by atoms with Crippen molar-refractivity contribution in [2.24, 2.45) is 0 Å². The number of aromatic amines is 1. The van der Waals surface area contributed by atoms with Crippen molar-refractivity contribution in [3.05, 3.63) is 54.0 Å². The second kappa shape index (κ2) is 7.81. The van der Waals surface area contributed by atoms with Gasteiger partial charge in [-0.15, -0.1) is 0 Å². The first-order valence-corrected chi connectivity index (χ1v) is 8.53. The number of fused-ring (bicyclic) bond motifs is 1. The lowest BCUT2D eigenvalue weighted by atomic mass is 10.1. The van der Waals surface area contributed by atoms with E-state index in [2.05, 4.69) is 33.7 Å². The number of aryl methyl sites for hydroxylation is 3. The summed E-state index contributed by atoms with van der Waals surface area (Å²) >= 11 is 0. The summed E-state index contributed by atoms with van der Waals surface area (Å²) in [4.78, 5) is 15.2. The molecule has 24 heavy (non-hydrogen) atoms. The smallest absolute Gasteiger partial charge is 0.220 e. The highest BCUT2D eigenvalue weighted by Crippen LogP contribution is 2.19. The molecule has 2 N–H and O–H groups in total. The van der Waals surface area contributed by atoms with Crippen molar-refractivity contribution in [2.75, 3.05) is 6.54 Å². The van der Waals surface area contributed by atoms with E-state index in [1.807, 2.05) is 36.1 Å². The Balaban J connectivity index is 1.34. The minimum absolute atomic E-state index is 0.131. The third-order valence-corrected chi connectivity index (χ3v) is 4.17. The number of carbonyl (C=O) groups excluding carboxylic acids is 1. The zero-order chi connectivity index (χ0) is 16.8. The molecule has 5 nitrogen and oxygen atoms in total. The number of aromatic nitrogens is 3. The van der Waals surface area contributed by atoms with Gasteiger partial charge in [-0.05, 0) is 43.4 Å². The molecule has 0 atom stereocenters. The fraction of sp³-hybridized carbons (Fsp3) is 0.368. The molecule has 1 aromatic carbocycles. The van der Waals surface area contributed by atoms with Gasteiger partial charge >= 0.3 is 0 Å². The van der Waals surface area contributed by atoms with E-state index >= 15 is 0 Å². The van der Waals surface area contributed by atoms with Crippen LogP contribution < -0.4 is 5.32 Å². The normalized spacial score (nSPS) is 11.0. The number of nitrogens with one attached hydrogen (secondary N) is 2. The predicted octanol–water partition coefficient (Wildman–Crippen LogP) is 3.20. The lowest BCUT2D eigenvalue weighted by Crippen LogP contribution is -2.25. The van der Waals surface area contributed by atoms with Gasteiger partial charge in [-0.2, -0.15) is 5.10 Å². The molecule has 3 aromatic rings. The number of amides is 1.